The van der Waals surface area contributed by atoms with E-state index >= 15 is 0 Å². The molecule has 2 fully saturated rings. The van der Waals surface area contributed by atoms with Crippen molar-refractivity contribution in [1.29, 1.82) is 0 Å². The lowest BCUT2D eigenvalue weighted by Gasteiger charge is -2.39. The van der Waals surface area contributed by atoms with E-state index in [-0.39, 0.29) is 5.97 Å². The molecule has 0 amide bonds. The highest BCUT2D eigenvalue weighted by Crippen LogP contribution is 2.41. The lowest BCUT2D eigenvalue weighted by molar-refractivity contribution is -0.151. The van der Waals surface area contributed by atoms with Crippen molar-refractivity contribution in [2.75, 3.05) is 33.3 Å². The first-order valence-electron chi connectivity index (χ1n) is 8.22. The van der Waals surface area contributed by atoms with Crippen LogP contribution >= 0.6 is 0 Å². The molecular weight excluding hydrogens is 252 g/mol. The van der Waals surface area contributed by atoms with Gasteiger partial charge in [-0.25, -0.2) is 4.79 Å². The number of ether oxygens (including phenoxy) is 1. The Kier molecular flexibility index (Phi) is 5.44. The standard InChI is InChI=1S/C16H30N2O2/c1-4-17-16(14-9-10-14,15(19)20-3)12-18(5-2)11-13-7-6-8-13/h13-14,17H,4-12H2,1-3H3. The van der Waals surface area contributed by atoms with E-state index in [1.165, 1.54) is 26.4 Å². The third kappa shape index (κ3) is 3.34. The van der Waals surface area contributed by atoms with Crippen molar-refractivity contribution in [3.63, 3.8) is 0 Å². The third-order valence-electron chi connectivity index (χ3n) is 4.98. The molecule has 116 valence electrons. The van der Waals surface area contributed by atoms with Gasteiger partial charge in [0.25, 0.3) is 0 Å². The van der Waals surface area contributed by atoms with Gasteiger partial charge in [-0.05, 0) is 50.6 Å². The van der Waals surface area contributed by atoms with Crippen LogP contribution in [-0.4, -0.2) is 49.7 Å². The fourth-order valence-electron chi connectivity index (χ4n) is 3.41. The molecule has 0 aliphatic heterocycles. The van der Waals surface area contributed by atoms with Gasteiger partial charge in [0.05, 0.1) is 7.11 Å². The number of nitrogens with one attached hydrogen (secondary N) is 1. The second-order valence-electron chi connectivity index (χ2n) is 6.39. The highest BCUT2D eigenvalue weighted by atomic mass is 16.5. The largest absolute Gasteiger partial charge is 0.468 e. The fraction of sp³-hybridized carbons (Fsp3) is 0.938. The number of carbonyl (C=O) groups excluding carboxylic acids is 1. The van der Waals surface area contributed by atoms with Crippen molar-refractivity contribution in [2.45, 2.75) is 51.5 Å². The van der Waals surface area contributed by atoms with E-state index in [0.717, 1.165) is 44.9 Å². The van der Waals surface area contributed by atoms with E-state index in [1.54, 1.807) is 0 Å². The Balaban J connectivity index is 2.05. The lowest BCUT2D eigenvalue weighted by atomic mass is 9.84. The summed E-state index contributed by atoms with van der Waals surface area (Å²) >= 11 is 0. The Morgan fingerprint density at radius 2 is 2.00 bits per heavy atom. The summed E-state index contributed by atoms with van der Waals surface area (Å²) in [6.45, 7) is 8.01. The van der Waals surface area contributed by atoms with Crippen LogP contribution in [0, 0.1) is 11.8 Å². The molecule has 0 saturated heterocycles. The predicted octanol–water partition coefficient (Wildman–Crippen LogP) is 2.04. The fourth-order valence-corrected chi connectivity index (χ4v) is 3.41. The van der Waals surface area contributed by atoms with Crippen LogP contribution in [0.4, 0.5) is 0 Å². The second-order valence-corrected chi connectivity index (χ2v) is 6.39. The van der Waals surface area contributed by atoms with Crippen LogP contribution in [0.5, 0.6) is 0 Å². The van der Waals surface area contributed by atoms with Gasteiger partial charge in [-0.1, -0.05) is 20.3 Å². The number of hydrogen-bond acceptors (Lipinski definition) is 4. The Morgan fingerprint density at radius 1 is 1.30 bits per heavy atom. The summed E-state index contributed by atoms with van der Waals surface area (Å²) in [5, 5.41) is 3.47. The summed E-state index contributed by atoms with van der Waals surface area (Å²) < 4.78 is 5.13. The number of rotatable bonds is 9. The average molecular weight is 282 g/mol. The first-order valence-corrected chi connectivity index (χ1v) is 8.22. The van der Waals surface area contributed by atoms with Crippen LogP contribution in [0.25, 0.3) is 0 Å². The maximum atomic E-state index is 12.4. The van der Waals surface area contributed by atoms with E-state index in [0.29, 0.717) is 5.92 Å². The quantitative estimate of drug-likeness (QED) is 0.657. The number of methoxy groups -OCH3 is 1. The molecule has 4 heteroatoms. The highest BCUT2D eigenvalue weighted by Gasteiger charge is 2.52. The van der Waals surface area contributed by atoms with Gasteiger partial charge in [-0.2, -0.15) is 0 Å². The van der Waals surface area contributed by atoms with Crippen molar-refractivity contribution in [3.05, 3.63) is 0 Å². The molecule has 1 atom stereocenters. The molecule has 0 aromatic carbocycles. The number of esters is 1. The molecule has 0 aromatic heterocycles. The molecule has 2 aliphatic rings. The number of carbonyl (C=O) groups is 1. The first kappa shape index (κ1) is 15.8. The van der Waals surface area contributed by atoms with E-state index in [4.69, 9.17) is 4.74 Å². The van der Waals surface area contributed by atoms with Crippen molar-refractivity contribution in [2.24, 2.45) is 11.8 Å². The summed E-state index contributed by atoms with van der Waals surface area (Å²) in [7, 11) is 1.51. The molecule has 4 nitrogen and oxygen atoms in total. The molecule has 1 unspecified atom stereocenters. The Morgan fingerprint density at radius 3 is 2.40 bits per heavy atom. The Bertz CT molecular complexity index is 326. The molecule has 0 heterocycles. The zero-order valence-electron chi connectivity index (χ0n) is 13.3. The van der Waals surface area contributed by atoms with Crippen LogP contribution in [0.3, 0.4) is 0 Å². The van der Waals surface area contributed by atoms with Crippen LogP contribution in [0.1, 0.15) is 46.0 Å². The number of nitrogens with zero attached hydrogens (tertiary/aromatic N) is 1. The highest BCUT2D eigenvalue weighted by molar-refractivity contribution is 5.82. The average Bonchev–Trinajstić information content (AvgIpc) is 3.24. The van der Waals surface area contributed by atoms with Crippen molar-refractivity contribution < 1.29 is 9.53 Å². The Hall–Kier alpha value is -0.610. The van der Waals surface area contributed by atoms with Crippen molar-refractivity contribution >= 4 is 5.97 Å². The van der Waals surface area contributed by atoms with Gasteiger partial charge >= 0.3 is 5.97 Å². The monoisotopic (exact) mass is 282 g/mol. The van der Waals surface area contributed by atoms with Gasteiger partial charge in [-0.15, -0.1) is 0 Å². The van der Waals surface area contributed by atoms with E-state index in [1.807, 2.05) is 0 Å². The molecule has 0 bridgehead atoms. The second kappa shape index (κ2) is 6.90. The molecule has 0 radical (unpaired) electrons. The van der Waals surface area contributed by atoms with Crippen LogP contribution < -0.4 is 5.32 Å². The molecule has 20 heavy (non-hydrogen) atoms. The minimum Gasteiger partial charge on any atom is -0.468 e. The SMILES string of the molecule is CCNC(CN(CC)CC1CCC1)(C(=O)OC)C1CC1. The van der Waals surface area contributed by atoms with Gasteiger partial charge in [0.1, 0.15) is 5.54 Å². The molecule has 2 rings (SSSR count). The van der Waals surface area contributed by atoms with Crippen LogP contribution in [0.15, 0.2) is 0 Å². The summed E-state index contributed by atoms with van der Waals surface area (Å²) in [5.41, 5.74) is -0.483. The lowest BCUT2D eigenvalue weighted by Crippen LogP contribution is -2.61. The molecular formula is C16H30N2O2. The summed E-state index contributed by atoms with van der Waals surface area (Å²) in [4.78, 5) is 14.9. The Labute approximate surface area is 123 Å². The minimum atomic E-state index is -0.483. The van der Waals surface area contributed by atoms with Gasteiger partial charge < -0.3 is 15.0 Å². The van der Waals surface area contributed by atoms with E-state index in [9.17, 15) is 4.79 Å². The van der Waals surface area contributed by atoms with Crippen molar-refractivity contribution in [1.82, 2.24) is 10.2 Å². The predicted molar refractivity (Wildman–Crippen MR) is 80.6 cm³/mol. The zero-order valence-corrected chi connectivity index (χ0v) is 13.3. The topological polar surface area (TPSA) is 41.6 Å². The first-order chi connectivity index (χ1) is 9.66. The molecule has 1 N–H and O–H groups in total. The molecule has 2 saturated carbocycles. The third-order valence-corrected chi connectivity index (χ3v) is 4.98. The van der Waals surface area contributed by atoms with Crippen LogP contribution in [-0.2, 0) is 9.53 Å². The number of hydrogen-bond donors (Lipinski definition) is 1. The smallest absolute Gasteiger partial charge is 0.327 e. The molecule has 0 aromatic rings. The normalized spacial score (nSPS) is 22.4. The van der Waals surface area contributed by atoms with E-state index in [2.05, 4.69) is 24.1 Å². The molecule has 0 spiro atoms. The summed E-state index contributed by atoms with van der Waals surface area (Å²) in [6, 6.07) is 0. The van der Waals surface area contributed by atoms with Gasteiger partial charge in [0, 0.05) is 13.1 Å². The maximum Gasteiger partial charge on any atom is 0.327 e. The van der Waals surface area contributed by atoms with E-state index < -0.39 is 5.54 Å². The zero-order chi connectivity index (χ0) is 14.6. The maximum absolute atomic E-state index is 12.4. The molecule has 2 aliphatic carbocycles. The minimum absolute atomic E-state index is 0.0751. The number of likely N-dealkylation sites (N-methyl/N-ethyl adjacent to an activating group) is 2. The summed E-state index contributed by atoms with van der Waals surface area (Å²) in [6.07, 6.45) is 6.37. The summed E-state index contributed by atoms with van der Waals surface area (Å²) in [5.74, 6) is 1.21. The van der Waals surface area contributed by atoms with Crippen LogP contribution in [0.2, 0.25) is 0 Å². The van der Waals surface area contributed by atoms with Gasteiger partial charge in [0.15, 0.2) is 0 Å². The van der Waals surface area contributed by atoms with Crippen molar-refractivity contribution in [3.8, 4) is 0 Å². The van der Waals surface area contributed by atoms with Gasteiger partial charge in [-0.3, -0.25) is 0 Å². The van der Waals surface area contributed by atoms with Gasteiger partial charge in [0.2, 0.25) is 0 Å².